The van der Waals surface area contributed by atoms with Crippen LogP contribution in [0.2, 0.25) is 0 Å². The molecule has 3 aromatic rings. The van der Waals surface area contributed by atoms with Crippen LogP contribution in [0.3, 0.4) is 0 Å². The summed E-state index contributed by atoms with van der Waals surface area (Å²) in [7, 11) is 1.31. The minimum Gasteiger partial charge on any atom is -0.465 e. The maximum atomic E-state index is 12.3. The van der Waals surface area contributed by atoms with E-state index in [9.17, 15) is 14.4 Å². The van der Waals surface area contributed by atoms with Crippen molar-refractivity contribution in [2.24, 2.45) is 0 Å². The van der Waals surface area contributed by atoms with Crippen molar-refractivity contribution >= 4 is 34.4 Å². The molecule has 7 nitrogen and oxygen atoms in total. The van der Waals surface area contributed by atoms with Gasteiger partial charge < -0.3 is 19.9 Å². The summed E-state index contributed by atoms with van der Waals surface area (Å²) in [5, 5.41) is 3.87. The third kappa shape index (κ3) is 4.82. The van der Waals surface area contributed by atoms with Crippen LogP contribution in [0.4, 0.5) is 5.69 Å². The minimum absolute atomic E-state index is 0.124. The fraction of sp³-hybridized carbons (Fsp3) is 0.227. The molecule has 0 unspecified atom stereocenters. The van der Waals surface area contributed by atoms with Crippen LogP contribution < -0.4 is 10.2 Å². The molecule has 2 aromatic carbocycles. The number of aromatic nitrogens is 1. The number of nitrogens with one attached hydrogen (secondary N) is 2. The molecule has 7 heteroatoms. The zero-order valence-corrected chi connectivity index (χ0v) is 16.4. The average molecular weight is 393 g/mol. The molecule has 0 aliphatic heterocycles. The predicted molar refractivity (Wildman–Crippen MR) is 111 cm³/mol. The Labute approximate surface area is 168 Å². The van der Waals surface area contributed by atoms with Gasteiger partial charge in [0, 0.05) is 42.8 Å². The van der Waals surface area contributed by atoms with Crippen molar-refractivity contribution < 1.29 is 19.1 Å². The van der Waals surface area contributed by atoms with E-state index in [1.807, 2.05) is 30.5 Å². The fourth-order valence-corrected chi connectivity index (χ4v) is 3.21. The highest BCUT2D eigenvalue weighted by atomic mass is 16.5. The number of fused-ring (bicyclic) bond motifs is 1. The molecule has 0 fully saturated rings. The number of para-hydroxylation sites is 1. The van der Waals surface area contributed by atoms with Crippen LogP contribution in [0.1, 0.15) is 22.8 Å². The summed E-state index contributed by atoms with van der Waals surface area (Å²) in [6.45, 7) is 2.03. The zero-order chi connectivity index (χ0) is 20.8. The highest BCUT2D eigenvalue weighted by Crippen LogP contribution is 2.18. The Morgan fingerprint density at radius 2 is 1.90 bits per heavy atom. The van der Waals surface area contributed by atoms with E-state index >= 15 is 0 Å². The Bertz CT molecular complexity index is 1040. The van der Waals surface area contributed by atoms with Crippen molar-refractivity contribution in [3.05, 3.63) is 65.9 Å². The van der Waals surface area contributed by atoms with Gasteiger partial charge in [-0.15, -0.1) is 0 Å². The molecule has 3 rings (SSSR count). The van der Waals surface area contributed by atoms with E-state index in [2.05, 4.69) is 10.3 Å². The van der Waals surface area contributed by atoms with Crippen LogP contribution >= 0.6 is 0 Å². The van der Waals surface area contributed by atoms with Crippen LogP contribution in [-0.2, 0) is 20.7 Å². The lowest BCUT2D eigenvalue weighted by Crippen LogP contribution is -2.38. The molecule has 1 aromatic heterocycles. The van der Waals surface area contributed by atoms with Crippen LogP contribution in [0.25, 0.3) is 10.9 Å². The largest absolute Gasteiger partial charge is 0.465 e. The lowest BCUT2D eigenvalue weighted by atomic mass is 10.1. The van der Waals surface area contributed by atoms with Gasteiger partial charge in [0.15, 0.2) is 0 Å². The van der Waals surface area contributed by atoms with Crippen molar-refractivity contribution in [3.8, 4) is 0 Å². The Morgan fingerprint density at radius 3 is 2.66 bits per heavy atom. The Balaban J connectivity index is 1.60. The Hall–Kier alpha value is -3.61. The summed E-state index contributed by atoms with van der Waals surface area (Å²) >= 11 is 0. The fourth-order valence-electron chi connectivity index (χ4n) is 3.21. The van der Waals surface area contributed by atoms with Gasteiger partial charge in [-0.2, -0.15) is 0 Å². The molecule has 2 amide bonds. The van der Waals surface area contributed by atoms with Gasteiger partial charge in [-0.25, -0.2) is 4.79 Å². The molecular formula is C22H23N3O4. The third-order valence-corrected chi connectivity index (χ3v) is 4.64. The maximum Gasteiger partial charge on any atom is 0.337 e. The second-order valence-electron chi connectivity index (χ2n) is 6.60. The van der Waals surface area contributed by atoms with E-state index in [0.29, 0.717) is 24.3 Å². The number of nitrogens with zero attached hydrogens (tertiary/aromatic N) is 1. The number of hydrogen-bond acceptors (Lipinski definition) is 4. The van der Waals surface area contributed by atoms with Gasteiger partial charge in [0.25, 0.3) is 0 Å². The van der Waals surface area contributed by atoms with E-state index in [1.54, 1.807) is 24.3 Å². The number of benzene rings is 2. The number of anilines is 1. The molecule has 0 saturated carbocycles. The Kier molecular flexibility index (Phi) is 6.29. The molecule has 0 radical (unpaired) electrons. The molecular weight excluding hydrogens is 370 g/mol. The minimum atomic E-state index is -0.470. The first-order valence-corrected chi connectivity index (χ1v) is 9.27. The summed E-state index contributed by atoms with van der Waals surface area (Å²) in [5.41, 5.74) is 2.85. The standard InChI is InChI=1S/C22H23N3O4/c1-15(26)25(18-7-5-6-16(12-18)22(28)29-2)11-10-23-21(27)13-17-14-24-20-9-4-3-8-19(17)20/h3-9,12,14,24H,10-11,13H2,1-2H3,(H,23,27). The van der Waals surface area contributed by atoms with Crippen molar-refractivity contribution in [3.63, 3.8) is 0 Å². The van der Waals surface area contributed by atoms with E-state index in [0.717, 1.165) is 16.5 Å². The lowest BCUT2D eigenvalue weighted by Gasteiger charge is -2.22. The average Bonchev–Trinajstić information content (AvgIpc) is 3.13. The summed E-state index contributed by atoms with van der Waals surface area (Å²) in [5.74, 6) is -0.776. The number of H-pyrrole nitrogens is 1. The Morgan fingerprint density at radius 1 is 1.10 bits per heavy atom. The first-order valence-electron chi connectivity index (χ1n) is 9.27. The molecule has 0 bridgehead atoms. The van der Waals surface area contributed by atoms with Gasteiger partial charge >= 0.3 is 5.97 Å². The summed E-state index contributed by atoms with van der Waals surface area (Å²) < 4.78 is 4.72. The number of esters is 1. The summed E-state index contributed by atoms with van der Waals surface area (Å²) in [4.78, 5) is 40.8. The summed E-state index contributed by atoms with van der Waals surface area (Å²) in [6.07, 6.45) is 2.09. The van der Waals surface area contributed by atoms with Gasteiger partial charge in [0.05, 0.1) is 19.1 Å². The first kappa shape index (κ1) is 20.1. The van der Waals surface area contributed by atoms with E-state index in [-0.39, 0.29) is 18.2 Å². The predicted octanol–water partition coefficient (Wildman–Crippen LogP) is 2.67. The molecule has 0 spiro atoms. The molecule has 0 aliphatic rings. The number of aromatic amines is 1. The van der Waals surface area contributed by atoms with Gasteiger partial charge in [0.1, 0.15) is 0 Å². The molecule has 2 N–H and O–H groups in total. The monoisotopic (exact) mass is 393 g/mol. The summed E-state index contributed by atoms with van der Waals surface area (Å²) in [6, 6.07) is 14.5. The number of carbonyl (C=O) groups excluding carboxylic acids is 3. The second kappa shape index (κ2) is 9.05. The molecule has 29 heavy (non-hydrogen) atoms. The van der Waals surface area contributed by atoms with Crippen molar-refractivity contribution in [1.29, 1.82) is 0 Å². The van der Waals surface area contributed by atoms with Gasteiger partial charge in [0.2, 0.25) is 11.8 Å². The highest BCUT2D eigenvalue weighted by molar-refractivity contribution is 5.95. The van der Waals surface area contributed by atoms with Crippen LogP contribution in [-0.4, -0.2) is 43.0 Å². The van der Waals surface area contributed by atoms with E-state index in [1.165, 1.54) is 18.9 Å². The highest BCUT2D eigenvalue weighted by Gasteiger charge is 2.15. The van der Waals surface area contributed by atoms with Gasteiger partial charge in [-0.3, -0.25) is 9.59 Å². The SMILES string of the molecule is COC(=O)c1cccc(N(CCNC(=O)Cc2c[nH]c3ccccc23)C(C)=O)c1. The quantitative estimate of drug-likeness (QED) is 0.604. The first-order chi connectivity index (χ1) is 14.0. The second-order valence-corrected chi connectivity index (χ2v) is 6.60. The number of hydrogen-bond donors (Lipinski definition) is 2. The maximum absolute atomic E-state index is 12.3. The van der Waals surface area contributed by atoms with Crippen LogP contribution in [0.15, 0.2) is 54.7 Å². The number of carbonyl (C=O) groups is 3. The van der Waals surface area contributed by atoms with E-state index in [4.69, 9.17) is 4.74 Å². The smallest absolute Gasteiger partial charge is 0.337 e. The number of methoxy groups -OCH3 is 1. The number of rotatable bonds is 7. The van der Waals surface area contributed by atoms with Crippen molar-refractivity contribution in [2.45, 2.75) is 13.3 Å². The van der Waals surface area contributed by atoms with Crippen LogP contribution in [0.5, 0.6) is 0 Å². The zero-order valence-electron chi connectivity index (χ0n) is 16.4. The van der Waals surface area contributed by atoms with E-state index < -0.39 is 5.97 Å². The topological polar surface area (TPSA) is 91.5 Å². The van der Waals surface area contributed by atoms with Gasteiger partial charge in [-0.05, 0) is 29.8 Å². The molecule has 0 saturated heterocycles. The molecule has 1 heterocycles. The number of ether oxygens (including phenoxy) is 1. The van der Waals surface area contributed by atoms with Gasteiger partial charge in [-0.1, -0.05) is 24.3 Å². The molecule has 0 atom stereocenters. The van der Waals surface area contributed by atoms with Crippen molar-refractivity contribution in [2.75, 3.05) is 25.1 Å². The van der Waals surface area contributed by atoms with Crippen LogP contribution in [0, 0.1) is 0 Å². The molecule has 150 valence electrons. The molecule has 0 aliphatic carbocycles. The van der Waals surface area contributed by atoms with Crippen molar-refractivity contribution in [1.82, 2.24) is 10.3 Å². The lowest BCUT2D eigenvalue weighted by molar-refractivity contribution is -0.121. The third-order valence-electron chi connectivity index (χ3n) is 4.64. The number of amides is 2. The normalized spacial score (nSPS) is 10.6.